The Hall–Kier alpha value is -1.47. The van der Waals surface area contributed by atoms with Crippen LogP contribution in [0.25, 0.3) is 0 Å². The molecule has 106 valence electrons. The van der Waals surface area contributed by atoms with E-state index in [1.165, 1.54) is 6.07 Å². The van der Waals surface area contributed by atoms with E-state index in [2.05, 4.69) is 26.2 Å². The number of nitro benzene ring substituents is 1. The Morgan fingerprint density at radius 3 is 2.95 bits per heavy atom. The maximum Gasteiger partial charge on any atom is 0.275 e. The Morgan fingerprint density at radius 2 is 2.30 bits per heavy atom. The lowest BCUT2D eigenvalue weighted by atomic mass is 10.2. The van der Waals surface area contributed by atoms with Crippen LogP contribution in [0.1, 0.15) is 30.0 Å². The fraction of sp³-hybridized carbons (Fsp3) is 0.333. The molecule has 0 saturated carbocycles. The highest BCUT2D eigenvalue weighted by molar-refractivity contribution is 9.10. The van der Waals surface area contributed by atoms with E-state index in [0.29, 0.717) is 15.7 Å². The predicted octanol–water partition coefficient (Wildman–Crippen LogP) is 3.69. The summed E-state index contributed by atoms with van der Waals surface area (Å²) in [4.78, 5) is 10.6. The van der Waals surface area contributed by atoms with E-state index in [0.717, 1.165) is 6.42 Å². The maximum atomic E-state index is 11.0. The lowest BCUT2D eigenvalue weighted by Gasteiger charge is -2.03. The van der Waals surface area contributed by atoms with Crippen molar-refractivity contribution in [1.29, 1.82) is 0 Å². The molecule has 0 aliphatic carbocycles. The quantitative estimate of drug-likeness (QED) is 0.463. The molecule has 0 saturated heterocycles. The smallest absolute Gasteiger partial charge is 0.258 e. The second kappa shape index (κ2) is 6.32. The standard InChI is InChI=1S/C12H12BrClN4O2/c1-2-10(14)11-7-17(16-15-11)6-8-3-4-9(13)5-12(8)18(19)20/h3-5,7,10H,2,6H2,1H3. The van der Waals surface area contributed by atoms with Crippen LogP contribution in [-0.2, 0) is 6.54 Å². The number of hydrogen-bond acceptors (Lipinski definition) is 4. The third-order valence-electron chi connectivity index (χ3n) is 2.81. The summed E-state index contributed by atoms with van der Waals surface area (Å²) in [5.41, 5.74) is 1.29. The first-order valence-corrected chi connectivity index (χ1v) is 7.21. The molecular weight excluding hydrogens is 348 g/mol. The molecule has 0 aliphatic heterocycles. The molecule has 0 N–H and O–H groups in total. The number of aromatic nitrogens is 3. The molecule has 0 amide bonds. The second-order valence-corrected chi connectivity index (χ2v) is 5.69. The van der Waals surface area contributed by atoms with Crippen molar-refractivity contribution >= 4 is 33.2 Å². The average molecular weight is 360 g/mol. The fourth-order valence-electron chi connectivity index (χ4n) is 1.76. The molecule has 0 radical (unpaired) electrons. The minimum atomic E-state index is -0.408. The van der Waals surface area contributed by atoms with Crippen molar-refractivity contribution in [3.05, 3.63) is 50.2 Å². The Bertz CT molecular complexity index is 632. The van der Waals surface area contributed by atoms with Gasteiger partial charge in [0.05, 0.1) is 28.6 Å². The van der Waals surface area contributed by atoms with Crippen molar-refractivity contribution < 1.29 is 4.92 Å². The first-order valence-electron chi connectivity index (χ1n) is 5.98. The molecule has 2 aromatic rings. The third-order valence-corrected chi connectivity index (χ3v) is 3.84. The molecule has 1 unspecified atom stereocenters. The van der Waals surface area contributed by atoms with Gasteiger partial charge in [-0.25, -0.2) is 4.68 Å². The molecule has 20 heavy (non-hydrogen) atoms. The molecule has 0 bridgehead atoms. The van der Waals surface area contributed by atoms with Crippen molar-refractivity contribution in [2.75, 3.05) is 0 Å². The summed E-state index contributed by atoms with van der Waals surface area (Å²) in [5, 5.41) is 18.8. The number of rotatable bonds is 5. The highest BCUT2D eigenvalue weighted by atomic mass is 79.9. The van der Waals surface area contributed by atoms with Gasteiger partial charge in [-0.2, -0.15) is 0 Å². The summed E-state index contributed by atoms with van der Waals surface area (Å²) in [5.74, 6) is 0. The summed E-state index contributed by atoms with van der Waals surface area (Å²) < 4.78 is 2.22. The van der Waals surface area contributed by atoms with Crippen LogP contribution in [-0.4, -0.2) is 19.9 Å². The minimum Gasteiger partial charge on any atom is -0.258 e. The molecule has 1 heterocycles. The van der Waals surface area contributed by atoms with Crippen molar-refractivity contribution in [2.24, 2.45) is 0 Å². The van der Waals surface area contributed by atoms with Gasteiger partial charge in [-0.05, 0) is 18.6 Å². The summed E-state index contributed by atoms with van der Waals surface area (Å²) >= 11 is 9.31. The topological polar surface area (TPSA) is 73.8 Å². The van der Waals surface area contributed by atoms with Crippen LogP contribution < -0.4 is 0 Å². The molecule has 1 atom stereocenters. The van der Waals surface area contributed by atoms with Crippen molar-refractivity contribution in [1.82, 2.24) is 15.0 Å². The molecule has 6 nitrogen and oxygen atoms in total. The van der Waals surface area contributed by atoms with E-state index in [1.807, 2.05) is 6.92 Å². The Morgan fingerprint density at radius 1 is 1.55 bits per heavy atom. The highest BCUT2D eigenvalue weighted by Crippen LogP contribution is 2.25. The number of alkyl halides is 1. The molecule has 0 spiro atoms. The van der Waals surface area contributed by atoms with E-state index in [9.17, 15) is 10.1 Å². The van der Waals surface area contributed by atoms with E-state index < -0.39 is 4.92 Å². The Balaban J connectivity index is 2.26. The minimum absolute atomic E-state index is 0.0503. The number of benzene rings is 1. The number of halogens is 2. The van der Waals surface area contributed by atoms with Crippen LogP contribution >= 0.6 is 27.5 Å². The van der Waals surface area contributed by atoms with Gasteiger partial charge in [-0.15, -0.1) is 16.7 Å². The van der Waals surface area contributed by atoms with Gasteiger partial charge in [0.2, 0.25) is 0 Å². The SMILES string of the molecule is CCC(Cl)c1cn(Cc2ccc(Br)cc2[N+](=O)[O-])nn1. The summed E-state index contributed by atoms with van der Waals surface area (Å²) in [6.07, 6.45) is 2.46. The fourth-order valence-corrected chi connectivity index (χ4v) is 2.21. The van der Waals surface area contributed by atoms with Gasteiger partial charge in [0.1, 0.15) is 5.69 Å². The van der Waals surface area contributed by atoms with Crippen LogP contribution in [0.3, 0.4) is 0 Å². The van der Waals surface area contributed by atoms with Crippen molar-refractivity contribution in [3.63, 3.8) is 0 Å². The number of nitro groups is 1. The van der Waals surface area contributed by atoms with Crippen LogP contribution in [0.15, 0.2) is 28.9 Å². The van der Waals surface area contributed by atoms with E-state index in [-0.39, 0.29) is 17.6 Å². The zero-order valence-electron chi connectivity index (χ0n) is 10.7. The van der Waals surface area contributed by atoms with E-state index in [4.69, 9.17) is 11.6 Å². The number of nitrogens with zero attached hydrogens (tertiary/aromatic N) is 4. The Labute approximate surface area is 129 Å². The first-order chi connectivity index (χ1) is 9.51. The normalized spacial score (nSPS) is 12.3. The Kier molecular flexibility index (Phi) is 4.72. The summed E-state index contributed by atoms with van der Waals surface area (Å²) in [6.45, 7) is 2.24. The monoisotopic (exact) mass is 358 g/mol. The predicted molar refractivity (Wildman–Crippen MR) is 78.8 cm³/mol. The van der Waals surface area contributed by atoms with Crippen LogP contribution in [0, 0.1) is 10.1 Å². The van der Waals surface area contributed by atoms with Crippen LogP contribution in [0.2, 0.25) is 0 Å². The zero-order chi connectivity index (χ0) is 14.7. The van der Waals surface area contributed by atoms with Crippen LogP contribution in [0.4, 0.5) is 5.69 Å². The summed E-state index contributed by atoms with van der Waals surface area (Å²) in [6, 6.07) is 4.93. The average Bonchev–Trinajstić information content (AvgIpc) is 2.88. The van der Waals surface area contributed by atoms with Gasteiger partial charge in [0, 0.05) is 10.5 Å². The lowest BCUT2D eigenvalue weighted by molar-refractivity contribution is -0.385. The van der Waals surface area contributed by atoms with Gasteiger partial charge in [-0.3, -0.25) is 10.1 Å². The number of hydrogen-bond donors (Lipinski definition) is 0. The molecule has 0 fully saturated rings. The molecular formula is C12H12BrClN4O2. The molecule has 8 heteroatoms. The van der Waals surface area contributed by atoms with Crippen molar-refractivity contribution in [2.45, 2.75) is 25.3 Å². The highest BCUT2D eigenvalue weighted by Gasteiger charge is 2.16. The molecule has 1 aromatic heterocycles. The molecule has 2 rings (SSSR count). The summed E-state index contributed by atoms with van der Waals surface area (Å²) in [7, 11) is 0. The molecule has 0 aliphatic rings. The lowest BCUT2D eigenvalue weighted by Crippen LogP contribution is -2.04. The maximum absolute atomic E-state index is 11.0. The molecule has 1 aromatic carbocycles. The van der Waals surface area contributed by atoms with E-state index >= 15 is 0 Å². The van der Waals surface area contributed by atoms with Gasteiger partial charge in [0.15, 0.2) is 0 Å². The first kappa shape index (κ1) is 14.9. The van der Waals surface area contributed by atoms with Gasteiger partial charge < -0.3 is 0 Å². The zero-order valence-corrected chi connectivity index (χ0v) is 13.0. The second-order valence-electron chi connectivity index (χ2n) is 4.25. The van der Waals surface area contributed by atoms with E-state index in [1.54, 1.807) is 23.0 Å². The third kappa shape index (κ3) is 3.34. The van der Waals surface area contributed by atoms with Gasteiger partial charge in [-0.1, -0.05) is 28.1 Å². The van der Waals surface area contributed by atoms with Crippen molar-refractivity contribution in [3.8, 4) is 0 Å². The van der Waals surface area contributed by atoms with Gasteiger partial charge in [0.25, 0.3) is 5.69 Å². The van der Waals surface area contributed by atoms with Crippen LogP contribution in [0.5, 0.6) is 0 Å². The largest absolute Gasteiger partial charge is 0.275 e. The van der Waals surface area contributed by atoms with Gasteiger partial charge >= 0.3 is 0 Å².